The number of rotatable bonds is 4. The number of hydrogen-bond donors (Lipinski definition) is 2. The maximum Gasteiger partial charge on any atom is 0.250 e. The fourth-order valence-electron chi connectivity index (χ4n) is 1.77. The highest BCUT2D eigenvalue weighted by Gasteiger charge is 2.02. The summed E-state index contributed by atoms with van der Waals surface area (Å²) in [5.41, 5.74) is 1.32. The molecule has 0 fully saturated rings. The van der Waals surface area contributed by atoms with E-state index in [1.807, 2.05) is 12.1 Å². The van der Waals surface area contributed by atoms with Gasteiger partial charge in [0.15, 0.2) is 5.11 Å². The van der Waals surface area contributed by atoms with Gasteiger partial charge in [0.05, 0.1) is 7.11 Å². The van der Waals surface area contributed by atoms with E-state index in [1.165, 1.54) is 18.2 Å². The molecule has 0 aliphatic carbocycles. The predicted octanol–water partition coefficient (Wildman–Crippen LogP) is 3.36. The van der Waals surface area contributed by atoms with E-state index in [1.54, 1.807) is 37.5 Å². The first-order valence-corrected chi connectivity index (χ1v) is 7.17. The minimum Gasteiger partial charge on any atom is -0.497 e. The first-order chi connectivity index (χ1) is 11.1. The topological polar surface area (TPSA) is 50.4 Å². The fourth-order valence-corrected chi connectivity index (χ4v) is 1.99. The fraction of sp³-hybridized carbons (Fsp3) is 0.0588. The summed E-state index contributed by atoms with van der Waals surface area (Å²) in [5.74, 6) is -0.0229. The Kier molecular flexibility index (Phi) is 5.82. The van der Waals surface area contributed by atoms with Crippen molar-refractivity contribution in [3.8, 4) is 5.75 Å². The Morgan fingerprint density at radius 2 is 1.96 bits per heavy atom. The molecule has 4 nitrogen and oxygen atoms in total. The van der Waals surface area contributed by atoms with Crippen LogP contribution in [0.2, 0.25) is 0 Å². The lowest BCUT2D eigenvalue weighted by atomic mass is 10.2. The summed E-state index contributed by atoms with van der Waals surface area (Å²) in [5, 5.41) is 5.32. The van der Waals surface area contributed by atoms with Crippen molar-refractivity contribution in [3.05, 3.63) is 66.0 Å². The lowest BCUT2D eigenvalue weighted by molar-refractivity contribution is -0.115. The molecule has 0 radical (unpaired) electrons. The zero-order valence-electron chi connectivity index (χ0n) is 12.4. The van der Waals surface area contributed by atoms with E-state index in [0.29, 0.717) is 5.69 Å². The second kappa shape index (κ2) is 8.05. The highest BCUT2D eigenvalue weighted by molar-refractivity contribution is 7.80. The Bertz CT molecular complexity index is 730. The summed E-state index contributed by atoms with van der Waals surface area (Å²) in [6.07, 6.45) is 3.01. The quantitative estimate of drug-likeness (QED) is 0.667. The number of hydrogen-bond acceptors (Lipinski definition) is 3. The van der Waals surface area contributed by atoms with Crippen molar-refractivity contribution in [2.75, 3.05) is 12.4 Å². The molecule has 118 valence electrons. The summed E-state index contributed by atoms with van der Waals surface area (Å²) in [4.78, 5) is 11.8. The molecular formula is C17H15FN2O2S. The minimum absolute atomic E-state index is 0.0972. The molecule has 0 spiro atoms. The van der Waals surface area contributed by atoms with Crippen LogP contribution in [0.4, 0.5) is 10.1 Å². The van der Waals surface area contributed by atoms with Crippen LogP contribution in [0, 0.1) is 5.82 Å². The maximum absolute atomic E-state index is 13.1. The van der Waals surface area contributed by atoms with Gasteiger partial charge in [-0.05, 0) is 54.2 Å². The number of benzene rings is 2. The van der Waals surface area contributed by atoms with Gasteiger partial charge in [0.25, 0.3) is 0 Å². The van der Waals surface area contributed by atoms with Gasteiger partial charge in [0, 0.05) is 11.8 Å². The number of carbonyl (C=O) groups excluding carboxylic acids is 1. The summed E-state index contributed by atoms with van der Waals surface area (Å²) >= 11 is 5.00. The Labute approximate surface area is 139 Å². The van der Waals surface area contributed by atoms with Crippen molar-refractivity contribution in [2.24, 2.45) is 0 Å². The molecule has 0 aliphatic heterocycles. The first kappa shape index (κ1) is 16.6. The molecule has 0 saturated carbocycles. The average Bonchev–Trinajstić information content (AvgIpc) is 2.53. The maximum atomic E-state index is 13.1. The second-order valence-corrected chi connectivity index (χ2v) is 4.97. The Morgan fingerprint density at radius 3 is 2.61 bits per heavy atom. The monoisotopic (exact) mass is 330 g/mol. The molecule has 0 atom stereocenters. The second-order valence-electron chi connectivity index (χ2n) is 4.56. The zero-order valence-corrected chi connectivity index (χ0v) is 13.2. The average molecular weight is 330 g/mol. The number of nitrogens with one attached hydrogen (secondary N) is 2. The molecule has 0 heterocycles. The molecule has 2 N–H and O–H groups in total. The van der Waals surface area contributed by atoms with Crippen molar-refractivity contribution in [3.63, 3.8) is 0 Å². The van der Waals surface area contributed by atoms with Gasteiger partial charge in [-0.3, -0.25) is 10.1 Å². The van der Waals surface area contributed by atoms with Crippen LogP contribution >= 0.6 is 12.2 Å². The van der Waals surface area contributed by atoms with Crippen LogP contribution in [0.25, 0.3) is 6.08 Å². The van der Waals surface area contributed by atoms with Gasteiger partial charge in [0.1, 0.15) is 11.6 Å². The third-order valence-electron chi connectivity index (χ3n) is 2.86. The van der Waals surface area contributed by atoms with Gasteiger partial charge >= 0.3 is 0 Å². The van der Waals surface area contributed by atoms with Crippen LogP contribution in [-0.2, 0) is 4.79 Å². The number of carbonyl (C=O) groups is 1. The largest absolute Gasteiger partial charge is 0.497 e. The minimum atomic E-state index is -0.386. The summed E-state index contributed by atoms with van der Waals surface area (Å²) < 4.78 is 18.1. The third-order valence-corrected chi connectivity index (χ3v) is 3.07. The molecule has 6 heteroatoms. The number of ether oxygens (including phenoxy) is 1. The molecule has 0 unspecified atom stereocenters. The molecule has 0 aliphatic rings. The standard InChI is InChI=1S/C17H15FN2O2S/c1-22-15-8-5-12(6-9-15)7-10-16(21)20-17(23)19-14-4-2-3-13(18)11-14/h2-11H,1H3,(H2,19,20,21,23)/b10-7+. The van der Waals surface area contributed by atoms with Crippen molar-refractivity contribution >= 4 is 35.0 Å². The van der Waals surface area contributed by atoms with Crippen molar-refractivity contribution in [1.29, 1.82) is 0 Å². The summed E-state index contributed by atoms with van der Waals surface area (Å²) in [6.45, 7) is 0. The van der Waals surface area contributed by atoms with Crippen LogP contribution in [-0.4, -0.2) is 18.1 Å². The Morgan fingerprint density at radius 1 is 1.22 bits per heavy atom. The summed E-state index contributed by atoms with van der Waals surface area (Å²) in [7, 11) is 1.59. The van der Waals surface area contributed by atoms with Crippen molar-refractivity contribution in [2.45, 2.75) is 0 Å². The highest BCUT2D eigenvalue weighted by atomic mass is 32.1. The van der Waals surface area contributed by atoms with E-state index in [4.69, 9.17) is 17.0 Å². The number of halogens is 1. The highest BCUT2D eigenvalue weighted by Crippen LogP contribution is 2.12. The van der Waals surface area contributed by atoms with Gasteiger partial charge in [-0.25, -0.2) is 4.39 Å². The third kappa shape index (κ3) is 5.52. The number of anilines is 1. The van der Waals surface area contributed by atoms with E-state index < -0.39 is 0 Å². The van der Waals surface area contributed by atoms with Crippen LogP contribution in [0.5, 0.6) is 5.75 Å². The smallest absolute Gasteiger partial charge is 0.250 e. The van der Waals surface area contributed by atoms with Gasteiger partial charge in [-0.1, -0.05) is 18.2 Å². The van der Waals surface area contributed by atoms with Crippen molar-refractivity contribution < 1.29 is 13.9 Å². The molecular weight excluding hydrogens is 315 g/mol. The van der Waals surface area contributed by atoms with E-state index in [0.717, 1.165) is 11.3 Å². The lowest BCUT2D eigenvalue weighted by Crippen LogP contribution is -2.32. The van der Waals surface area contributed by atoms with E-state index >= 15 is 0 Å². The molecule has 1 amide bonds. The molecule has 0 saturated heterocycles. The van der Waals surface area contributed by atoms with Gasteiger partial charge in [-0.15, -0.1) is 0 Å². The van der Waals surface area contributed by atoms with Crippen LogP contribution < -0.4 is 15.4 Å². The number of amides is 1. The summed E-state index contributed by atoms with van der Waals surface area (Å²) in [6, 6.07) is 13.1. The van der Waals surface area contributed by atoms with Gasteiger partial charge in [-0.2, -0.15) is 0 Å². The van der Waals surface area contributed by atoms with E-state index in [2.05, 4.69) is 10.6 Å². The molecule has 0 aromatic heterocycles. The van der Waals surface area contributed by atoms with Crippen LogP contribution in [0.15, 0.2) is 54.6 Å². The SMILES string of the molecule is COc1ccc(/C=C/C(=O)NC(=S)Nc2cccc(F)c2)cc1. The number of thiocarbonyl (C=S) groups is 1. The molecule has 2 aromatic rings. The van der Waals surface area contributed by atoms with E-state index in [-0.39, 0.29) is 16.8 Å². The van der Waals surface area contributed by atoms with E-state index in [9.17, 15) is 9.18 Å². The Balaban J connectivity index is 1.88. The first-order valence-electron chi connectivity index (χ1n) is 6.76. The Hall–Kier alpha value is -2.73. The van der Waals surface area contributed by atoms with Gasteiger partial charge in [0.2, 0.25) is 5.91 Å². The molecule has 2 aromatic carbocycles. The van der Waals surface area contributed by atoms with Gasteiger partial charge < -0.3 is 10.1 Å². The predicted molar refractivity (Wildman–Crippen MR) is 92.8 cm³/mol. The van der Waals surface area contributed by atoms with Crippen LogP contribution in [0.1, 0.15) is 5.56 Å². The lowest BCUT2D eigenvalue weighted by Gasteiger charge is -2.07. The van der Waals surface area contributed by atoms with Crippen molar-refractivity contribution in [1.82, 2.24) is 5.32 Å². The normalized spacial score (nSPS) is 10.3. The number of methoxy groups -OCH3 is 1. The molecule has 0 bridgehead atoms. The van der Waals surface area contributed by atoms with Crippen LogP contribution in [0.3, 0.4) is 0 Å². The molecule has 2 rings (SSSR count). The molecule has 23 heavy (non-hydrogen) atoms. The zero-order chi connectivity index (χ0) is 16.7.